The van der Waals surface area contributed by atoms with E-state index in [1.165, 1.54) is 11.8 Å². The summed E-state index contributed by atoms with van der Waals surface area (Å²) in [7, 11) is -1.50. The van der Waals surface area contributed by atoms with Gasteiger partial charge in [-0.05, 0) is 50.8 Å². The monoisotopic (exact) mass is 383 g/mol. The summed E-state index contributed by atoms with van der Waals surface area (Å²) in [4.78, 5) is 4.44. The lowest BCUT2D eigenvalue weighted by Gasteiger charge is -2.21. The third kappa shape index (κ3) is 6.86. The zero-order valence-electron chi connectivity index (χ0n) is 16.8. The number of sulfone groups is 1. The second kappa shape index (κ2) is 9.80. The van der Waals surface area contributed by atoms with Gasteiger partial charge in [0.25, 0.3) is 0 Å². The fraction of sp³-hybridized carbons (Fsp3) is 0.632. The Kier molecular flexibility index (Phi) is 8.40. The molecule has 1 unspecified atom stereocenters. The largest absolute Gasteiger partial charge is 0.497 e. The van der Waals surface area contributed by atoms with Crippen molar-refractivity contribution in [3.05, 3.63) is 29.8 Å². The van der Waals surface area contributed by atoms with Crippen LogP contribution in [0.1, 0.15) is 45.6 Å². The Bertz CT molecular complexity index is 682. The number of nitrogens with zero attached hydrogens (tertiary/aromatic N) is 1. The number of nitrogens with one attached hydrogen (secondary N) is 2. The minimum Gasteiger partial charge on any atom is -0.497 e. The molecule has 6 nitrogen and oxygen atoms in total. The molecule has 0 bridgehead atoms. The second-order valence-electron chi connectivity index (χ2n) is 7.12. The van der Waals surface area contributed by atoms with Crippen LogP contribution in [0.3, 0.4) is 0 Å². The van der Waals surface area contributed by atoms with E-state index in [1.807, 2.05) is 19.1 Å². The average molecular weight is 384 g/mol. The van der Waals surface area contributed by atoms with Gasteiger partial charge in [0, 0.05) is 19.3 Å². The Hall–Kier alpha value is -1.76. The molecule has 0 aliphatic rings. The van der Waals surface area contributed by atoms with Gasteiger partial charge in [0.1, 0.15) is 5.75 Å². The van der Waals surface area contributed by atoms with Crippen molar-refractivity contribution in [2.75, 3.05) is 33.0 Å². The zero-order chi connectivity index (χ0) is 19.8. The highest BCUT2D eigenvalue weighted by atomic mass is 32.2. The Morgan fingerprint density at radius 3 is 2.35 bits per heavy atom. The molecule has 0 saturated heterocycles. The van der Waals surface area contributed by atoms with Crippen LogP contribution in [-0.2, 0) is 9.84 Å². The van der Waals surface area contributed by atoms with Crippen LogP contribution in [-0.4, -0.2) is 52.1 Å². The summed E-state index contributed by atoms with van der Waals surface area (Å²) < 4.78 is 27.9. The Balaban J connectivity index is 2.61. The van der Waals surface area contributed by atoms with Crippen LogP contribution in [0.5, 0.6) is 5.75 Å². The van der Waals surface area contributed by atoms with E-state index in [0.29, 0.717) is 11.9 Å². The molecule has 0 fully saturated rings. The second-order valence-corrected chi connectivity index (χ2v) is 9.77. The molecule has 1 aromatic carbocycles. The maximum atomic E-state index is 11.8. The zero-order valence-corrected chi connectivity index (χ0v) is 17.6. The predicted molar refractivity (Wildman–Crippen MR) is 109 cm³/mol. The molecule has 0 saturated carbocycles. The summed E-state index contributed by atoms with van der Waals surface area (Å²) in [6.07, 6.45) is 2.19. The highest BCUT2D eigenvalue weighted by Crippen LogP contribution is 2.21. The number of methoxy groups -OCH3 is 1. The molecule has 0 aromatic heterocycles. The Labute approximate surface area is 158 Å². The maximum Gasteiger partial charge on any atom is 0.191 e. The van der Waals surface area contributed by atoms with Crippen LogP contribution in [0.15, 0.2) is 29.3 Å². The number of hydrogen-bond acceptors (Lipinski definition) is 4. The normalized spacial score (nSPS) is 14.0. The molecule has 1 rings (SSSR count). The lowest BCUT2D eigenvalue weighted by atomic mass is 9.98. The van der Waals surface area contributed by atoms with Crippen molar-refractivity contribution in [2.24, 2.45) is 4.99 Å². The van der Waals surface area contributed by atoms with E-state index in [1.54, 1.807) is 21.0 Å². The van der Waals surface area contributed by atoms with Crippen molar-refractivity contribution >= 4 is 15.8 Å². The lowest BCUT2D eigenvalue weighted by Crippen LogP contribution is -2.41. The van der Waals surface area contributed by atoms with Gasteiger partial charge < -0.3 is 15.4 Å². The topological polar surface area (TPSA) is 79.8 Å². The number of hydrogen-bond donors (Lipinski definition) is 2. The van der Waals surface area contributed by atoms with Gasteiger partial charge in [-0.15, -0.1) is 0 Å². The Morgan fingerprint density at radius 1 is 1.23 bits per heavy atom. The van der Waals surface area contributed by atoms with Gasteiger partial charge in [-0.3, -0.25) is 4.99 Å². The summed E-state index contributed by atoms with van der Waals surface area (Å²) in [5.74, 6) is 1.89. The fourth-order valence-corrected chi connectivity index (χ4v) is 2.53. The van der Waals surface area contributed by atoms with E-state index in [2.05, 4.69) is 34.7 Å². The van der Waals surface area contributed by atoms with Crippen LogP contribution in [0.25, 0.3) is 0 Å². The minimum atomic E-state index is -3.16. The van der Waals surface area contributed by atoms with E-state index < -0.39 is 14.6 Å². The summed E-state index contributed by atoms with van der Waals surface area (Å²) in [5, 5.41) is 6.45. The molecular weight excluding hydrogens is 350 g/mol. The van der Waals surface area contributed by atoms with Crippen LogP contribution in [0.2, 0.25) is 0 Å². The summed E-state index contributed by atoms with van der Waals surface area (Å²) >= 11 is 0. The van der Waals surface area contributed by atoms with E-state index in [4.69, 9.17) is 4.74 Å². The van der Waals surface area contributed by atoms with Gasteiger partial charge in [-0.2, -0.15) is 0 Å². The maximum absolute atomic E-state index is 11.8. The predicted octanol–water partition coefficient (Wildman–Crippen LogP) is 2.57. The van der Waals surface area contributed by atoms with Crippen molar-refractivity contribution in [2.45, 2.75) is 44.8 Å². The number of ether oxygens (including phenoxy) is 1. The standard InChI is InChI=1S/C19H33N3O3S/c1-7-20-18(22-14-19(3,4)26(6,23)24)21-13-12-15(2)16-8-10-17(25-5)11-9-16/h8-11,15H,7,12-14H2,1-6H3,(H2,20,21,22). The molecule has 0 spiro atoms. The summed E-state index contributed by atoms with van der Waals surface area (Å²) in [6, 6.07) is 8.10. The highest BCUT2D eigenvalue weighted by Gasteiger charge is 2.29. The van der Waals surface area contributed by atoms with Gasteiger partial charge in [-0.25, -0.2) is 8.42 Å². The van der Waals surface area contributed by atoms with Crippen molar-refractivity contribution in [1.29, 1.82) is 0 Å². The smallest absolute Gasteiger partial charge is 0.191 e. The molecule has 1 atom stereocenters. The number of guanidine groups is 1. The summed E-state index contributed by atoms with van der Waals surface area (Å²) in [5.41, 5.74) is 1.26. The van der Waals surface area contributed by atoms with E-state index in [9.17, 15) is 8.42 Å². The minimum absolute atomic E-state index is 0.217. The first kappa shape index (κ1) is 22.3. The van der Waals surface area contributed by atoms with Gasteiger partial charge in [0.15, 0.2) is 15.8 Å². The summed E-state index contributed by atoms with van der Waals surface area (Å²) in [6.45, 7) is 9.24. The first-order chi connectivity index (χ1) is 12.1. The van der Waals surface area contributed by atoms with E-state index in [0.717, 1.165) is 25.3 Å². The highest BCUT2D eigenvalue weighted by molar-refractivity contribution is 7.92. The molecule has 2 N–H and O–H groups in total. The molecule has 0 radical (unpaired) electrons. The van der Waals surface area contributed by atoms with Gasteiger partial charge in [0.05, 0.1) is 18.4 Å². The third-order valence-electron chi connectivity index (χ3n) is 4.52. The van der Waals surface area contributed by atoms with Gasteiger partial charge in [-0.1, -0.05) is 19.1 Å². The SMILES string of the molecule is CCNC(=NCC(C)(C)S(C)(=O)=O)NCCC(C)c1ccc(OC)cc1. The molecule has 148 valence electrons. The quantitative estimate of drug-likeness (QED) is 0.506. The van der Waals surface area contributed by atoms with Crippen molar-refractivity contribution < 1.29 is 13.2 Å². The average Bonchev–Trinajstić information content (AvgIpc) is 2.58. The number of rotatable bonds is 9. The van der Waals surface area contributed by atoms with Gasteiger partial charge >= 0.3 is 0 Å². The molecule has 26 heavy (non-hydrogen) atoms. The van der Waals surface area contributed by atoms with E-state index in [-0.39, 0.29) is 6.54 Å². The van der Waals surface area contributed by atoms with Crippen LogP contribution in [0, 0.1) is 0 Å². The first-order valence-electron chi connectivity index (χ1n) is 8.96. The molecule has 0 heterocycles. The number of aliphatic imine (C=N–C) groups is 1. The van der Waals surface area contributed by atoms with Crippen LogP contribution < -0.4 is 15.4 Å². The molecular formula is C19H33N3O3S. The fourth-order valence-electron chi connectivity index (χ4n) is 2.23. The first-order valence-corrected chi connectivity index (χ1v) is 10.9. The molecule has 0 aliphatic heterocycles. The van der Waals surface area contributed by atoms with Crippen molar-refractivity contribution in [3.8, 4) is 5.75 Å². The molecule has 7 heteroatoms. The third-order valence-corrected chi connectivity index (χ3v) is 6.66. The molecule has 0 amide bonds. The van der Waals surface area contributed by atoms with Crippen LogP contribution >= 0.6 is 0 Å². The lowest BCUT2D eigenvalue weighted by molar-refractivity contribution is 0.414. The van der Waals surface area contributed by atoms with Crippen molar-refractivity contribution in [3.63, 3.8) is 0 Å². The van der Waals surface area contributed by atoms with Gasteiger partial charge in [0.2, 0.25) is 0 Å². The molecule has 1 aromatic rings. The van der Waals surface area contributed by atoms with E-state index >= 15 is 0 Å². The number of benzene rings is 1. The Morgan fingerprint density at radius 2 is 1.85 bits per heavy atom. The van der Waals surface area contributed by atoms with Crippen molar-refractivity contribution in [1.82, 2.24) is 10.6 Å². The van der Waals surface area contributed by atoms with Crippen LogP contribution in [0.4, 0.5) is 0 Å². The molecule has 0 aliphatic carbocycles.